The van der Waals surface area contributed by atoms with E-state index in [4.69, 9.17) is 15.0 Å². The molecule has 0 radical (unpaired) electrons. The van der Waals surface area contributed by atoms with E-state index < -0.39 is 34.7 Å². The van der Waals surface area contributed by atoms with Crippen molar-refractivity contribution in [1.82, 2.24) is 19.9 Å². The fraction of sp³-hybridized carbons (Fsp3) is 0.737. The number of nitrogens with two attached hydrogens (primary N) is 1. The van der Waals surface area contributed by atoms with Crippen LogP contribution in [0.15, 0.2) is 10.9 Å². The number of amides is 3. The Bertz CT molecular complexity index is 835. The molecule has 3 heterocycles. The van der Waals surface area contributed by atoms with E-state index in [-0.39, 0.29) is 18.5 Å². The zero-order valence-electron chi connectivity index (χ0n) is 17.9. The van der Waals surface area contributed by atoms with Crippen molar-refractivity contribution in [2.24, 2.45) is 11.1 Å². The van der Waals surface area contributed by atoms with Gasteiger partial charge in [0.05, 0.1) is 6.04 Å². The molecule has 3 rings (SSSR count). The third-order valence-electron chi connectivity index (χ3n) is 6.45. The number of hydrogen-bond acceptors (Lipinski definition) is 8. The topological polar surface area (TPSA) is 152 Å². The number of likely N-dealkylation sites (tertiary alicyclic amines) is 2. The number of aliphatic hydroxyl groups excluding tert-OH is 1. The van der Waals surface area contributed by atoms with E-state index in [2.05, 4.69) is 10.1 Å². The summed E-state index contributed by atoms with van der Waals surface area (Å²) in [6.07, 6.45) is -0.191. The molecule has 2 unspecified atom stereocenters. The molecule has 1 spiro atoms. The zero-order chi connectivity index (χ0) is 22.5. The van der Waals surface area contributed by atoms with Crippen molar-refractivity contribution in [2.75, 3.05) is 6.54 Å². The number of carbonyl (C=O) groups excluding carboxylic acids is 3. The largest absolute Gasteiger partial charge is 0.430 e. The van der Waals surface area contributed by atoms with Crippen molar-refractivity contribution in [3.8, 4) is 0 Å². The first-order chi connectivity index (χ1) is 13.9. The summed E-state index contributed by atoms with van der Waals surface area (Å²) in [5, 5.41) is 14.1. The monoisotopic (exact) mass is 423 g/mol. The van der Waals surface area contributed by atoms with Gasteiger partial charge in [0.25, 0.3) is 11.8 Å². The molecule has 11 nitrogen and oxygen atoms in total. The van der Waals surface area contributed by atoms with Crippen molar-refractivity contribution in [3.05, 3.63) is 12.2 Å². The van der Waals surface area contributed by atoms with E-state index in [0.717, 1.165) is 0 Å². The van der Waals surface area contributed by atoms with Gasteiger partial charge in [-0.2, -0.15) is 4.98 Å². The van der Waals surface area contributed by atoms with Crippen LogP contribution >= 0.6 is 0 Å². The Balaban J connectivity index is 1.96. The van der Waals surface area contributed by atoms with Gasteiger partial charge in [-0.1, -0.05) is 25.9 Å². The minimum Gasteiger partial charge on any atom is -0.430 e. The lowest BCUT2D eigenvalue weighted by atomic mass is 9.70. The summed E-state index contributed by atoms with van der Waals surface area (Å²) >= 11 is 0. The summed E-state index contributed by atoms with van der Waals surface area (Å²) in [6, 6.07) is -0.330. The number of aromatic nitrogens is 2. The molecule has 0 aromatic carbocycles. The predicted molar refractivity (Wildman–Crippen MR) is 103 cm³/mol. The standard InChI is InChI=1S/C19H29N5O6/c1-11-18(14(26)23(11)9-13-21-10-22-30-13)7-6-8-24(18)15(27)19(12(2)25,17(3,4)5)29-16(20)28/h10-12,25H,6-9H2,1-5H3,(H2,20,28)/t11?,12-,18?,19+/m1/s1. The van der Waals surface area contributed by atoms with E-state index in [1.54, 1.807) is 25.7 Å². The van der Waals surface area contributed by atoms with Crippen LogP contribution in [-0.2, 0) is 20.9 Å². The highest BCUT2D eigenvalue weighted by Gasteiger charge is 2.69. The molecule has 2 fully saturated rings. The molecular weight excluding hydrogens is 394 g/mol. The molecule has 3 amide bonds. The van der Waals surface area contributed by atoms with Gasteiger partial charge >= 0.3 is 6.09 Å². The van der Waals surface area contributed by atoms with Gasteiger partial charge < -0.3 is 29.9 Å². The van der Waals surface area contributed by atoms with Crippen LogP contribution in [0.1, 0.15) is 53.4 Å². The average Bonchev–Trinajstić information content (AvgIpc) is 3.32. The van der Waals surface area contributed by atoms with Crippen LogP contribution < -0.4 is 5.73 Å². The third-order valence-corrected chi connectivity index (χ3v) is 6.45. The minimum atomic E-state index is -1.94. The predicted octanol–water partition coefficient (Wildman–Crippen LogP) is 0.423. The Labute approximate surface area is 174 Å². The number of primary amides is 1. The van der Waals surface area contributed by atoms with Crippen LogP contribution in [-0.4, -0.2) is 72.8 Å². The van der Waals surface area contributed by atoms with Crippen molar-refractivity contribution in [1.29, 1.82) is 0 Å². The second kappa shape index (κ2) is 7.22. The lowest BCUT2D eigenvalue weighted by Crippen LogP contribution is -2.80. The van der Waals surface area contributed by atoms with Crippen molar-refractivity contribution in [2.45, 2.75) is 77.3 Å². The number of rotatable bonds is 5. The van der Waals surface area contributed by atoms with Gasteiger partial charge in [-0.15, -0.1) is 0 Å². The second-order valence-corrected chi connectivity index (χ2v) is 9.01. The molecule has 4 atom stereocenters. The highest BCUT2D eigenvalue weighted by atomic mass is 16.6. The number of nitrogens with zero attached hydrogens (tertiary/aromatic N) is 4. The summed E-state index contributed by atoms with van der Waals surface area (Å²) < 4.78 is 10.3. The van der Waals surface area contributed by atoms with Crippen LogP contribution in [0.3, 0.4) is 0 Å². The second-order valence-electron chi connectivity index (χ2n) is 9.01. The number of hydrogen-bond donors (Lipinski definition) is 2. The van der Waals surface area contributed by atoms with E-state index in [0.29, 0.717) is 25.3 Å². The summed E-state index contributed by atoms with van der Waals surface area (Å²) in [5.74, 6) is -0.573. The summed E-state index contributed by atoms with van der Waals surface area (Å²) in [5.41, 5.74) is 1.26. The van der Waals surface area contributed by atoms with Gasteiger partial charge in [0.2, 0.25) is 11.5 Å². The first-order valence-electron chi connectivity index (χ1n) is 9.94. The van der Waals surface area contributed by atoms with Crippen molar-refractivity contribution in [3.63, 3.8) is 0 Å². The smallest absolute Gasteiger partial charge is 0.405 e. The zero-order valence-corrected chi connectivity index (χ0v) is 17.9. The molecule has 2 saturated heterocycles. The molecule has 0 aliphatic carbocycles. The fourth-order valence-electron chi connectivity index (χ4n) is 4.96. The number of β-lactam (4-membered cyclic amide) rings is 1. The van der Waals surface area contributed by atoms with E-state index in [1.165, 1.54) is 18.2 Å². The molecule has 11 heteroatoms. The Morgan fingerprint density at radius 3 is 2.60 bits per heavy atom. The number of carbonyl (C=O) groups is 3. The van der Waals surface area contributed by atoms with Gasteiger partial charge in [0, 0.05) is 12.0 Å². The fourth-order valence-corrected chi connectivity index (χ4v) is 4.96. The Kier molecular flexibility index (Phi) is 5.30. The molecule has 2 aliphatic rings. The Morgan fingerprint density at radius 1 is 1.47 bits per heavy atom. The quantitative estimate of drug-likeness (QED) is 0.647. The maximum absolute atomic E-state index is 13.8. The molecule has 30 heavy (non-hydrogen) atoms. The number of aliphatic hydroxyl groups is 1. The summed E-state index contributed by atoms with van der Waals surface area (Å²) in [4.78, 5) is 45.8. The first-order valence-corrected chi connectivity index (χ1v) is 9.94. The lowest BCUT2D eigenvalue weighted by Gasteiger charge is -2.58. The third kappa shape index (κ3) is 2.94. The maximum Gasteiger partial charge on any atom is 0.405 e. The van der Waals surface area contributed by atoms with Gasteiger partial charge in [-0.3, -0.25) is 9.59 Å². The molecular formula is C19H29N5O6. The molecule has 166 valence electrons. The summed E-state index contributed by atoms with van der Waals surface area (Å²) in [6.45, 7) is 8.70. The van der Waals surface area contributed by atoms with E-state index >= 15 is 0 Å². The highest BCUT2D eigenvalue weighted by Crippen LogP contribution is 2.48. The van der Waals surface area contributed by atoms with Gasteiger partial charge in [0.15, 0.2) is 6.33 Å². The van der Waals surface area contributed by atoms with Gasteiger partial charge in [-0.25, -0.2) is 4.79 Å². The van der Waals surface area contributed by atoms with Gasteiger partial charge in [0.1, 0.15) is 18.2 Å². The van der Waals surface area contributed by atoms with E-state index in [1.807, 2.05) is 6.92 Å². The molecule has 1 aromatic heterocycles. The Morgan fingerprint density at radius 2 is 2.13 bits per heavy atom. The Hall–Kier alpha value is -2.69. The summed E-state index contributed by atoms with van der Waals surface area (Å²) in [7, 11) is 0. The average molecular weight is 423 g/mol. The van der Waals surface area contributed by atoms with Crippen LogP contribution in [0, 0.1) is 5.41 Å². The van der Waals surface area contributed by atoms with Crippen molar-refractivity contribution >= 4 is 17.9 Å². The molecule has 3 N–H and O–H groups in total. The molecule has 2 aliphatic heterocycles. The van der Waals surface area contributed by atoms with Crippen LogP contribution in [0.5, 0.6) is 0 Å². The van der Waals surface area contributed by atoms with E-state index in [9.17, 15) is 19.5 Å². The van der Waals surface area contributed by atoms with Gasteiger partial charge in [-0.05, 0) is 26.7 Å². The minimum absolute atomic E-state index is 0.141. The maximum atomic E-state index is 13.8. The first kappa shape index (κ1) is 22.0. The number of ether oxygens (including phenoxy) is 1. The lowest BCUT2D eigenvalue weighted by molar-refractivity contribution is -0.200. The molecule has 1 aromatic rings. The normalized spacial score (nSPS) is 27.0. The molecule has 0 bridgehead atoms. The highest BCUT2D eigenvalue weighted by molar-refractivity contribution is 6.01. The SMILES string of the molecule is CC1N(Cc2ncno2)C(=O)C12CCCN2C(=O)[C@@](OC(N)=O)([C@@H](C)O)C(C)(C)C. The van der Waals surface area contributed by atoms with Crippen LogP contribution in [0.25, 0.3) is 0 Å². The van der Waals surface area contributed by atoms with Crippen LogP contribution in [0.4, 0.5) is 4.79 Å². The van der Waals surface area contributed by atoms with Crippen LogP contribution in [0.2, 0.25) is 0 Å². The molecule has 0 saturated carbocycles. The van der Waals surface area contributed by atoms with Crippen molar-refractivity contribution < 1.29 is 28.8 Å².